The van der Waals surface area contributed by atoms with Gasteiger partial charge in [-0.1, -0.05) is 0 Å². The lowest BCUT2D eigenvalue weighted by Gasteiger charge is -2.19. The van der Waals surface area contributed by atoms with Crippen LogP contribution >= 0.6 is 0 Å². The molecule has 0 unspecified atom stereocenters. The Kier molecular flexibility index (Phi) is 4.91. The fourth-order valence-electron chi connectivity index (χ4n) is 2.94. The third-order valence-corrected chi connectivity index (χ3v) is 4.37. The number of hydrogen-bond acceptors (Lipinski definition) is 7. The highest BCUT2D eigenvalue weighted by molar-refractivity contribution is 5.94. The van der Waals surface area contributed by atoms with Gasteiger partial charge in [-0.15, -0.1) is 0 Å². The van der Waals surface area contributed by atoms with Crippen molar-refractivity contribution in [2.75, 3.05) is 13.9 Å². The van der Waals surface area contributed by atoms with E-state index in [9.17, 15) is 19.8 Å². The minimum absolute atomic E-state index is 0.0290. The molecule has 142 valence electrons. The maximum Gasteiger partial charge on any atom is 0.339 e. The lowest BCUT2D eigenvalue weighted by atomic mass is 10.0. The van der Waals surface area contributed by atoms with Crippen molar-refractivity contribution in [2.24, 2.45) is 0 Å². The number of aromatic carboxylic acids is 1. The molecule has 0 amide bonds. The Hall–Kier alpha value is -3.26. The van der Waals surface area contributed by atoms with Gasteiger partial charge in [-0.2, -0.15) is 0 Å². The summed E-state index contributed by atoms with van der Waals surface area (Å²) >= 11 is 0. The molecule has 0 aromatic heterocycles. The Balaban J connectivity index is 2.34. The summed E-state index contributed by atoms with van der Waals surface area (Å²) in [5.74, 6) is -1.18. The normalized spacial score (nSPS) is 13.0. The molecule has 0 fully saturated rings. The standard InChI is InChI=1S/C19H18O8/c1-9-4-14(21)12(6-20)17-13(9)7-25-8-26-16-10(2)15(24-3)5-11(19(22)23)18(16)27-17/h4-6,21H,7-8H2,1-3H3,(H,22,23). The average Bonchev–Trinajstić information content (AvgIpc) is 2.71. The van der Waals surface area contributed by atoms with Gasteiger partial charge in [0.25, 0.3) is 0 Å². The maximum atomic E-state index is 11.8. The first kappa shape index (κ1) is 18.5. The lowest BCUT2D eigenvalue weighted by molar-refractivity contribution is 0.00505. The molecule has 2 N–H and O–H groups in total. The fourth-order valence-corrected chi connectivity index (χ4v) is 2.94. The van der Waals surface area contributed by atoms with Crippen LogP contribution < -0.4 is 14.2 Å². The molecule has 8 nitrogen and oxygen atoms in total. The highest BCUT2D eigenvalue weighted by atomic mass is 16.7. The Morgan fingerprint density at radius 2 is 1.96 bits per heavy atom. The predicted molar refractivity (Wildman–Crippen MR) is 93.3 cm³/mol. The molecule has 3 rings (SSSR count). The first-order valence-corrected chi connectivity index (χ1v) is 8.02. The molecule has 8 heteroatoms. The maximum absolute atomic E-state index is 11.8. The van der Waals surface area contributed by atoms with Gasteiger partial charge in [0.05, 0.1) is 19.3 Å². The molecule has 0 spiro atoms. The summed E-state index contributed by atoms with van der Waals surface area (Å²) in [7, 11) is 1.41. The zero-order chi connectivity index (χ0) is 19.7. The summed E-state index contributed by atoms with van der Waals surface area (Å²) in [5, 5.41) is 19.7. The molecular formula is C19H18O8. The van der Waals surface area contributed by atoms with Crippen LogP contribution in [0.1, 0.15) is 37.4 Å². The molecule has 2 aromatic rings. The highest BCUT2D eigenvalue weighted by Gasteiger charge is 2.28. The van der Waals surface area contributed by atoms with Gasteiger partial charge in [-0.3, -0.25) is 4.79 Å². The van der Waals surface area contributed by atoms with Crippen LogP contribution in [0.3, 0.4) is 0 Å². The quantitative estimate of drug-likeness (QED) is 0.788. The third-order valence-electron chi connectivity index (χ3n) is 4.37. The van der Waals surface area contributed by atoms with Gasteiger partial charge in [-0.05, 0) is 31.5 Å². The number of carbonyl (C=O) groups excluding carboxylic acids is 1. The monoisotopic (exact) mass is 374 g/mol. The third kappa shape index (κ3) is 3.15. The second kappa shape index (κ2) is 7.16. The van der Waals surface area contributed by atoms with Crippen LogP contribution in [0.4, 0.5) is 0 Å². The summed E-state index contributed by atoms with van der Waals surface area (Å²) in [5.41, 5.74) is 1.33. The number of carboxylic acids is 1. The van der Waals surface area contributed by atoms with Crippen LogP contribution in [0.2, 0.25) is 0 Å². The van der Waals surface area contributed by atoms with Crippen LogP contribution in [-0.4, -0.2) is 36.4 Å². The molecule has 2 aromatic carbocycles. The zero-order valence-electron chi connectivity index (χ0n) is 15.0. The van der Waals surface area contributed by atoms with E-state index >= 15 is 0 Å². The highest BCUT2D eigenvalue weighted by Crippen LogP contribution is 2.46. The van der Waals surface area contributed by atoms with Gasteiger partial charge in [0.1, 0.15) is 22.8 Å². The number of carbonyl (C=O) groups is 2. The molecule has 27 heavy (non-hydrogen) atoms. The minimum Gasteiger partial charge on any atom is -0.507 e. The number of fused-ring (bicyclic) bond motifs is 2. The van der Waals surface area contributed by atoms with Crippen molar-refractivity contribution in [1.29, 1.82) is 0 Å². The Bertz CT molecular complexity index is 932. The van der Waals surface area contributed by atoms with Crippen molar-refractivity contribution in [3.63, 3.8) is 0 Å². The van der Waals surface area contributed by atoms with E-state index < -0.39 is 5.97 Å². The molecule has 0 bridgehead atoms. The number of aryl methyl sites for hydroxylation is 1. The molecule has 1 aliphatic rings. The molecule has 1 heterocycles. The zero-order valence-corrected chi connectivity index (χ0v) is 15.0. The van der Waals surface area contributed by atoms with Crippen molar-refractivity contribution >= 4 is 12.3 Å². The Morgan fingerprint density at radius 3 is 2.59 bits per heavy atom. The number of methoxy groups -OCH3 is 1. The number of benzene rings is 2. The van der Waals surface area contributed by atoms with E-state index in [2.05, 4.69) is 0 Å². The molecule has 1 aliphatic heterocycles. The smallest absolute Gasteiger partial charge is 0.339 e. The molecule has 0 saturated carbocycles. The van der Waals surface area contributed by atoms with Gasteiger partial charge in [0.2, 0.25) is 0 Å². The molecular weight excluding hydrogens is 356 g/mol. The number of phenolic OH excluding ortho intramolecular Hbond substituents is 1. The summed E-state index contributed by atoms with van der Waals surface area (Å²) in [6.45, 7) is 3.28. The number of hydrogen-bond donors (Lipinski definition) is 2. The van der Waals surface area contributed by atoms with E-state index in [4.69, 9.17) is 18.9 Å². The van der Waals surface area contributed by atoms with E-state index in [1.807, 2.05) is 0 Å². The first-order chi connectivity index (χ1) is 12.9. The first-order valence-electron chi connectivity index (χ1n) is 8.02. The lowest BCUT2D eigenvalue weighted by Crippen LogP contribution is -2.07. The second-order valence-corrected chi connectivity index (χ2v) is 5.98. The van der Waals surface area contributed by atoms with E-state index in [0.717, 1.165) is 0 Å². The Morgan fingerprint density at radius 1 is 1.22 bits per heavy atom. The molecule has 0 atom stereocenters. The summed E-state index contributed by atoms with van der Waals surface area (Å²) in [6.07, 6.45) is 0.447. The average molecular weight is 374 g/mol. The van der Waals surface area contributed by atoms with E-state index in [1.165, 1.54) is 19.2 Å². The number of carboxylic acid groups (broad SMARTS) is 1. The molecule has 0 aliphatic carbocycles. The van der Waals surface area contributed by atoms with Crippen molar-refractivity contribution in [3.05, 3.63) is 39.9 Å². The SMILES string of the molecule is COc1cc(C(=O)O)c2c(c1C)OCOCc1c(C)cc(O)c(C=O)c1O2. The predicted octanol–water partition coefficient (Wildman–Crippen LogP) is 3.19. The van der Waals surface area contributed by atoms with Gasteiger partial charge >= 0.3 is 5.97 Å². The minimum atomic E-state index is -1.26. The fraction of sp³-hybridized carbons (Fsp3) is 0.263. The van der Waals surface area contributed by atoms with Gasteiger partial charge < -0.3 is 29.2 Å². The van der Waals surface area contributed by atoms with Crippen LogP contribution in [0.5, 0.6) is 28.7 Å². The van der Waals surface area contributed by atoms with Crippen molar-refractivity contribution < 1.29 is 38.7 Å². The summed E-state index contributed by atoms with van der Waals surface area (Å²) in [4.78, 5) is 23.3. The number of phenols is 1. The van der Waals surface area contributed by atoms with Crippen LogP contribution in [-0.2, 0) is 11.3 Å². The number of aromatic hydroxyl groups is 1. The van der Waals surface area contributed by atoms with Crippen LogP contribution in [0.15, 0.2) is 12.1 Å². The van der Waals surface area contributed by atoms with Crippen LogP contribution in [0, 0.1) is 13.8 Å². The largest absolute Gasteiger partial charge is 0.507 e. The topological polar surface area (TPSA) is 112 Å². The molecule has 0 radical (unpaired) electrons. The summed E-state index contributed by atoms with van der Waals surface area (Å²) in [6, 6.07) is 2.74. The summed E-state index contributed by atoms with van der Waals surface area (Å²) < 4.78 is 22.2. The van der Waals surface area contributed by atoms with Crippen molar-refractivity contribution in [1.82, 2.24) is 0 Å². The number of rotatable bonds is 3. The number of aldehydes is 1. The van der Waals surface area contributed by atoms with E-state index in [0.29, 0.717) is 28.7 Å². The van der Waals surface area contributed by atoms with Crippen molar-refractivity contribution in [2.45, 2.75) is 20.5 Å². The van der Waals surface area contributed by atoms with Gasteiger partial charge in [-0.25, -0.2) is 4.79 Å². The van der Waals surface area contributed by atoms with Gasteiger partial charge in [0, 0.05) is 11.1 Å². The molecule has 0 saturated heterocycles. The van der Waals surface area contributed by atoms with E-state index in [-0.39, 0.29) is 47.5 Å². The van der Waals surface area contributed by atoms with E-state index in [1.54, 1.807) is 13.8 Å². The second-order valence-electron chi connectivity index (χ2n) is 5.98. The van der Waals surface area contributed by atoms with Crippen LogP contribution in [0.25, 0.3) is 0 Å². The van der Waals surface area contributed by atoms with Gasteiger partial charge in [0.15, 0.2) is 24.6 Å². The van der Waals surface area contributed by atoms with Crippen molar-refractivity contribution in [3.8, 4) is 28.7 Å². The Labute approximate surface area is 154 Å². The number of ether oxygens (including phenoxy) is 4.